The van der Waals surface area contributed by atoms with Crippen molar-refractivity contribution in [2.75, 3.05) is 39.3 Å². The van der Waals surface area contributed by atoms with Crippen molar-refractivity contribution >= 4 is 6.03 Å². The predicted octanol–water partition coefficient (Wildman–Crippen LogP) is 2.14. The Hall–Kier alpha value is -2.34. The normalized spacial score (nSPS) is 15.2. The zero-order valence-electron chi connectivity index (χ0n) is 15.8. The molecule has 140 valence electrons. The standard InChI is InChI=1S/C20H29N5O/c1-16-19(17(2)23-22-16)8-10-21-20(26)25-14-12-24(13-15-25)11-9-18-6-4-3-5-7-18/h3-7H,8-15H2,1-2H3,(H,21,26)(H,22,23). The minimum Gasteiger partial charge on any atom is -0.338 e. The van der Waals surface area contributed by atoms with Gasteiger partial charge in [0.15, 0.2) is 0 Å². The highest BCUT2D eigenvalue weighted by molar-refractivity contribution is 5.74. The van der Waals surface area contributed by atoms with E-state index in [2.05, 4.69) is 50.7 Å². The second-order valence-electron chi connectivity index (χ2n) is 6.96. The molecule has 0 atom stereocenters. The van der Waals surface area contributed by atoms with Crippen molar-refractivity contribution in [3.05, 3.63) is 52.8 Å². The molecule has 1 saturated heterocycles. The van der Waals surface area contributed by atoms with Crippen LogP contribution < -0.4 is 5.32 Å². The minimum absolute atomic E-state index is 0.0477. The first-order chi connectivity index (χ1) is 12.6. The van der Waals surface area contributed by atoms with Gasteiger partial charge in [0.2, 0.25) is 0 Å². The van der Waals surface area contributed by atoms with Crippen LogP contribution in [-0.2, 0) is 12.8 Å². The molecular formula is C20H29N5O. The molecule has 0 radical (unpaired) electrons. The minimum atomic E-state index is 0.0477. The molecule has 1 aromatic carbocycles. The molecule has 2 amide bonds. The Labute approximate surface area is 155 Å². The first-order valence-corrected chi connectivity index (χ1v) is 9.43. The fourth-order valence-corrected chi connectivity index (χ4v) is 3.46. The summed E-state index contributed by atoms with van der Waals surface area (Å²) in [5.41, 5.74) is 4.68. The fraction of sp³-hybridized carbons (Fsp3) is 0.500. The molecule has 6 nitrogen and oxygen atoms in total. The molecule has 0 spiro atoms. The number of rotatable bonds is 6. The van der Waals surface area contributed by atoms with Gasteiger partial charge in [-0.1, -0.05) is 30.3 Å². The van der Waals surface area contributed by atoms with Gasteiger partial charge in [0.25, 0.3) is 0 Å². The number of carbonyl (C=O) groups is 1. The number of hydrogen-bond acceptors (Lipinski definition) is 3. The molecule has 0 unspecified atom stereocenters. The summed E-state index contributed by atoms with van der Waals surface area (Å²) in [4.78, 5) is 16.7. The molecule has 2 N–H and O–H groups in total. The third-order valence-electron chi connectivity index (χ3n) is 5.15. The summed E-state index contributed by atoms with van der Waals surface area (Å²) in [6.45, 7) is 9.20. The molecule has 0 saturated carbocycles. The van der Waals surface area contributed by atoms with Gasteiger partial charge in [-0.2, -0.15) is 5.10 Å². The maximum absolute atomic E-state index is 12.4. The molecule has 2 aromatic rings. The lowest BCUT2D eigenvalue weighted by Crippen LogP contribution is -2.52. The Morgan fingerprint density at radius 2 is 1.85 bits per heavy atom. The molecule has 26 heavy (non-hydrogen) atoms. The Bertz CT molecular complexity index is 685. The van der Waals surface area contributed by atoms with Crippen molar-refractivity contribution in [3.8, 4) is 0 Å². The van der Waals surface area contributed by atoms with Crippen LogP contribution in [0.4, 0.5) is 4.79 Å². The Balaban J connectivity index is 1.35. The Morgan fingerprint density at radius 3 is 2.50 bits per heavy atom. The largest absolute Gasteiger partial charge is 0.338 e. The number of aromatic amines is 1. The zero-order valence-corrected chi connectivity index (χ0v) is 15.8. The molecular weight excluding hydrogens is 326 g/mol. The molecule has 1 aliphatic heterocycles. The smallest absolute Gasteiger partial charge is 0.317 e. The summed E-state index contributed by atoms with van der Waals surface area (Å²) >= 11 is 0. The van der Waals surface area contributed by atoms with Crippen molar-refractivity contribution < 1.29 is 4.79 Å². The SMILES string of the molecule is Cc1n[nH]c(C)c1CCNC(=O)N1CCN(CCc2ccccc2)CC1. The van der Waals surface area contributed by atoms with Gasteiger partial charge < -0.3 is 10.2 Å². The van der Waals surface area contributed by atoms with Crippen LogP contribution >= 0.6 is 0 Å². The van der Waals surface area contributed by atoms with Crippen LogP contribution in [0.25, 0.3) is 0 Å². The number of carbonyl (C=O) groups excluding carboxylic acids is 1. The third kappa shape index (κ3) is 4.85. The van der Waals surface area contributed by atoms with Gasteiger partial charge in [0, 0.05) is 45.0 Å². The van der Waals surface area contributed by atoms with E-state index in [1.807, 2.05) is 18.7 Å². The first kappa shape index (κ1) is 18.5. The third-order valence-corrected chi connectivity index (χ3v) is 5.15. The molecule has 2 heterocycles. The van der Waals surface area contributed by atoms with Crippen LogP contribution in [0.5, 0.6) is 0 Å². The maximum Gasteiger partial charge on any atom is 0.317 e. The average Bonchev–Trinajstić information content (AvgIpc) is 2.99. The number of amides is 2. The molecule has 1 aromatic heterocycles. The summed E-state index contributed by atoms with van der Waals surface area (Å²) < 4.78 is 0. The monoisotopic (exact) mass is 355 g/mol. The predicted molar refractivity (Wildman–Crippen MR) is 103 cm³/mol. The van der Waals surface area contributed by atoms with Crippen LogP contribution in [0.1, 0.15) is 22.5 Å². The van der Waals surface area contributed by atoms with E-state index in [0.29, 0.717) is 6.54 Å². The molecule has 0 bridgehead atoms. The van der Waals surface area contributed by atoms with E-state index in [9.17, 15) is 4.79 Å². The summed E-state index contributed by atoms with van der Waals surface area (Å²) in [7, 11) is 0. The topological polar surface area (TPSA) is 64.3 Å². The Morgan fingerprint density at radius 1 is 1.12 bits per heavy atom. The van der Waals surface area contributed by atoms with Gasteiger partial charge in [-0.3, -0.25) is 10.00 Å². The van der Waals surface area contributed by atoms with E-state index in [0.717, 1.165) is 57.0 Å². The van der Waals surface area contributed by atoms with Gasteiger partial charge in [0.05, 0.1) is 5.69 Å². The van der Waals surface area contributed by atoms with Crippen molar-refractivity contribution in [1.29, 1.82) is 0 Å². The number of urea groups is 1. The van der Waals surface area contributed by atoms with Crippen LogP contribution in [-0.4, -0.2) is 65.3 Å². The van der Waals surface area contributed by atoms with Crippen LogP contribution in [0.3, 0.4) is 0 Å². The first-order valence-electron chi connectivity index (χ1n) is 9.43. The number of aryl methyl sites for hydroxylation is 2. The van der Waals surface area contributed by atoms with Crippen LogP contribution in [0.15, 0.2) is 30.3 Å². The molecule has 1 fully saturated rings. The number of hydrogen-bond donors (Lipinski definition) is 2. The lowest BCUT2D eigenvalue weighted by Gasteiger charge is -2.34. The highest BCUT2D eigenvalue weighted by Crippen LogP contribution is 2.09. The number of aromatic nitrogens is 2. The number of H-pyrrole nitrogens is 1. The molecule has 1 aliphatic rings. The lowest BCUT2D eigenvalue weighted by molar-refractivity contribution is 0.140. The molecule has 6 heteroatoms. The molecule has 0 aliphatic carbocycles. The van der Waals surface area contributed by atoms with Gasteiger partial charge in [-0.05, 0) is 37.8 Å². The number of nitrogens with one attached hydrogen (secondary N) is 2. The van der Waals surface area contributed by atoms with Crippen molar-refractivity contribution in [2.24, 2.45) is 0 Å². The fourth-order valence-electron chi connectivity index (χ4n) is 3.46. The Kier molecular flexibility index (Phi) is 6.28. The average molecular weight is 355 g/mol. The maximum atomic E-state index is 12.4. The van der Waals surface area contributed by atoms with Crippen LogP contribution in [0, 0.1) is 13.8 Å². The zero-order chi connectivity index (χ0) is 18.4. The van der Waals surface area contributed by atoms with E-state index in [1.165, 1.54) is 11.1 Å². The number of benzene rings is 1. The van der Waals surface area contributed by atoms with Crippen molar-refractivity contribution in [2.45, 2.75) is 26.7 Å². The summed E-state index contributed by atoms with van der Waals surface area (Å²) in [5, 5.41) is 10.2. The highest BCUT2D eigenvalue weighted by atomic mass is 16.2. The van der Waals surface area contributed by atoms with E-state index in [-0.39, 0.29) is 6.03 Å². The van der Waals surface area contributed by atoms with E-state index in [4.69, 9.17) is 0 Å². The van der Waals surface area contributed by atoms with Crippen molar-refractivity contribution in [3.63, 3.8) is 0 Å². The molecule has 3 rings (SSSR count). The second kappa shape index (κ2) is 8.85. The van der Waals surface area contributed by atoms with Gasteiger partial charge >= 0.3 is 6.03 Å². The summed E-state index contributed by atoms with van der Waals surface area (Å²) in [6.07, 6.45) is 1.88. The van der Waals surface area contributed by atoms with E-state index in [1.54, 1.807) is 0 Å². The van der Waals surface area contributed by atoms with E-state index < -0.39 is 0 Å². The lowest BCUT2D eigenvalue weighted by atomic mass is 10.1. The number of nitrogens with zero attached hydrogens (tertiary/aromatic N) is 3. The number of piperazine rings is 1. The van der Waals surface area contributed by atoms with Gasteiger partial charge in [0.1, 0.15) is 0 Å². The van der Waals surface area contributed by atoms with Crippen molar-refractivity contribution in [1.82, 2.24) is 25.3 Å². The van der Waals surface area contributed by atoms with E-state index >= 15 is 0 Å². The summed E-state index contributed by atoms with van der Waals surface area (Å²) in [6, 6.07) is 10.6. The second-order valence-corrected chi connectivity index (χ2v) is 6.96. The van der Waals surface area contributed by atoms with Gasteiger partial charge in [-0.25, -0.2) is 4.79 Å². The van der Waals surface area contributed by atoms with Gasteiger partial charge in [-0.15, -0.1) is 0 Å². The van der Waals surface area contributed by atoms with Crippen LogP contribution in [0.2, 0.25) is 0 Å². The summed E-state index contributed by atoms with van der Waals surface area (Å²) in [5.74, 6) is 0. The highest BCUT2D eigenvalue weighted by Gasteiger charge is 2.20. The quantitative estimate of drug-likeness (QED) is 0.834.